The quantitative estimate of drug-likeness (QED) is 0.627. The lowest BCUT2D eigenvalue weighted by Crippen LogP contribution is -2.45. The Balaban J connectivity index is 4.03. The van der Waals surface area contributed by atoms with Crippen molar-refractivity contribution in [3.05, 3.63) is 0 Å². The Morgan fingerprint density at radius 2 is 1.92 bits per heavy atom. The Hall–Kier alpha value is -1.06. The van der Waals surface area contributed by atoms with Crippen molar-refractivity contribution in [3.63, 3.8) is 0 Å². The second kappa shape index (κ2) is 4.74. The standard InChI is InChI=1S/C8H16N2O2/c1-4-6(7(9)11)10-8(12)5(2)3/h5-6H,4H2,1-3H3,(H2,9,11)(H,10,12). The first kappa shape index (κ1) is 10.9. The molecule has 1 atom stereocenters. The monoisotopic (exact) mass is 172 g/mol. The number of hydrogen-bond acceptors (Lipinski definition) is 2. The van der Waals surface area contributed by atoms with Crippen LogP contribution in [0.4, 0.5) is 0 Å². The van der Waals surface area contributed by atoms with Gasteiger partial charge in [-0.1, -0.05) is 20.8 Å². The molecule has 0 aromatic heterocycles. The summed E-state index contributed by atoms with van der Waals surface area (Å²) in [6, 6.07) is -0.528. The molecule has 4 nitrogen and oxygen atoms in total. The van der Waals surface area contributed by atoms with Gasteiger partial charge in [0.05, 0.1) is 0 Å². The third-order valence-electron chi connectivity index (χ3n) is 1.59. The van der Waals surface area contributed by atoms with Crippen molar-refractivity contribution in [2.75, 3.05) is 0 Å². The Morgan fingerprint density at radius 3 is 2.17 bits per heavy atom. The molecule has 0 saturated heterocycles. The molecule has 0 rings (SSSR count). The van der Waals surface area contributed by atoms with Gasteiger partial charge in [0.15, 0.2) is 0 Å². The fourth-order valence-electron chi connectivity index (χ4n) is 0.713. The molecule has 0 aliphatic carbocycles. The highest BCUT2D eigenvalue weighted by atomic mass is 16.2. The molecular formula is C8H16N2O2. The van der Waals surface area contributed by atoms with Crippen LogP contribution in [0.25, 0.3) is 0 Å². The van der Waals surface area contributed by atoms with Crippen LogP contribution in [-0.4, -0.2) is 17.9 Å². The summed E-state index contributed by atoms with van der Waals surface area (Å²) in [5.41, 5.74) is 5.04. The Morgan fingerprint density at radius 1 is 1.42 bits per heavy atom. The predicted octanol–water partition coefficient (Wildman–Crippen LogP) is 0.0225. The largest absolute Gasteiger partial charge is 0.368 e. The molecule has 0 fully saturated rings. The average molecular weight is 172 g/mol. The second-order valence-electron chi connectivity index (χ2n) is 3.03. The molecule has 4 heteroatoms. The molecule has 0 bridgehead atoms. The topological polar surface area (TPSA) is 72.2 Å². The van der Waals surface area contributed by atoms with Crippen molar-refractivity contribution >= 4 is 11.8 Å². The van der Waals surface area contributed by atoms with Crippen molar-refractivity contribution in [1.29, 1.82) is 0 Å². The number of hydrogen-bond donors (Lipinski definition) is 2. The van der Waals surface area contributed by atoms with Gasteiger partial charge in [-0.15, -0.1) is 0 Å². The van der Waals surface area contributed by atoms with Gasteiger partial charge in [0.1, 0.15) is 6.04 Å². The third-order valence-corrected chi connectivity index (χ3v) is 1.59. The van der Waals surface area contributed by atoms with E-state index in [4.69, 9.17) is 5.73 Å². The van der Waals surface area contributed by atoms with E-state index in [1.54, 1.807) is 20.8 Å². The highest BCUT2D eigenvalue weighted by molar-refractivity contribution is 5.87. The zero-order chi connectivity index (χ0) is 9.72. The van der Waals surface area contributed by atoms with Crippen LogP contribution in [0.15, 0.2) is 0 Å². The van der Waals surface area contributed by atoms with E-state index in [1.807, 2.05) is 0 Å². The van der Waals surface area contributed by atoms with E-state index in [1.165, 1.54) is 0 Å². The lowest BCUT2D eigenvalue weighted by molar-refractivity contribution is -0.129. The number of carbonyl (C=O) groups is 2. The maximum absolute atomic E-state index is 11.1. The van der Waals surface area contributed by atoms with Crippen LogP contribution in [0.3, 0.4) is 0 Å². The van der Waals surface area contributed by atoms with Crippen LogP contribution in [0.2, 0.25) is 0 Å². The maximum atomic E-state index is 11.1. The SMILES string of the molecule is CCC(NC(=O)C(C)C)C(N)=O. The van der Waals surface area contributed by atoms with Crippen LogP contribution in [0.5, 0.6) is 0 Å². The zero-order valence-corrected chi connectivity index (χ0v) is 7.76. The molecule has 0 aromatic rings. The molecular weight excluding hydrogens is 156 g/mol. The van der Waals surface area contributed by atoms with E-state index in [0.29, 0.717) is 6.42 Å². The van der Waals surface area contributed by atoms with E-state index in [9.17, 15) is 9.59 Å². The van der Waals surface area contributed by atoms with Crippen LogP contribution in [0, 0.1) is 5.92 Å². The lowest BCUT2D eigenvalue weighted by Gasteiger charge is -2.14. The number of amides is 2. The van der Waals surface area contributed by atoms with Gasteiger partial charge >= 0.3 is 0 Å². The van der Waals surface area contributed by atoms with Gasteiger partial charge in [0.2, 0.25) is 11.8 Å². The van der Waals surface area contributed by atoms with Gasteiger partial charge in [-0.05, 0) is 6.42 Å². The van der Waals surface area contributed by atoms with Crippen molar-refractivity contribution in [1.82, 2.24) is 5.32 Å². The third kappa shape index (κ3) is 3.37. The highest BCUT2D eigenvalue weighted by Gasteiger charge is 2.16. The van der Waals surface area contributed by atoms with E-state index in [0.717, 1.165) is 0 Å². The van der Waals surface area contributed by atoms with Gasteiger partial charge in [0.25, 0.3) is 0 Å². The molecule has 0 aliphatic heterocycles. The molecule has 0 spiro atoms. The minimum Gasteiger partial charge on any atom is -0.368 e. The zero-order valence-electron chi connectivity index (χ0n) is 7.76. The van der Waals surface area contributed by atoms with Gasteiger partial charge in [-0.3, -0.25) is 9.59 Å². The van der Waals surface area contributed by atoms with Crippen LogP contribution in [0.1, 0.15) is 27.2 Å². The molecule has 2 amide bonds. The molecule has 0 aromatic carbocycles. The summed E-state index contributed by atoms with van der Waals surface area (Å²) >= 11 is 0. The van der Waals surface area contributed by atoms with Gasteiger partial charge in [-0.25, -0.2) is 0 Å². The first-order valence-electron chi connectivity index (χ1n) is 4.08. The summed E-state index contributed by atoms with van der Waals surface area (Å²) in [4.78, 5) is 21.8. The first-order chi connectivity index (χ1) is 5.49. The highest BCUT2D eigenvalue weighted by Crippen LogP contribution is 1.95. The summed E-state index contributed by atoms with van der Waals surface area (Å²) in [6.45, 7) is 5.34. The number of primary amides is 1. The summed E-state index contributed by atoms with van der Waals surface area (Å²) in [5, 5.41) is 2.55. The van der Waals surface area contributed by atoms with Gasteiger partial charge in [0, 0.05) is 5.92 Å². The van der Waals surface area contributed by atoms with Crippen molar-refractivity contribution in [2.24, 2.45) is 11.7 Å². The fraction of sp³-hybridized carbons (Fsp3) is 0.750. The Labute approximate surface area is 72.5 Å². The molecule has 12 heavy (non-hydrogen) atoms. The molecule has 70 valence electrons. The van der Waals surface area contributed by atoms with Crippen molar-refractivity contribution < 1.29 is 9.59 Å². The summed E-state index contributed by atoms with van der Waals surface area (Å²) in [6.07, 6.45) is 0.536. The van der Waals surface area contributed by atoms with E-state index >= 15 is 0 Å². The molecule has 3 N–H and O–H groups in total. The van der Waals surface area contributed by atoms with E-state index in [2.05, 4.69) is 5.32 Å². The van der Waals surface area contributed by atoms with Crippen LogP contribution >= 0.6 is 0 Å². The van der Waals surface area contributed by atoms with Crippen molar-refractivity contribution in [3.8, 4) is 0 Å². The van der Waals surface area contributed by atoms with E-state index in [-0.39, 0.29) is 11.8 Å². The van der Waals surface area contributed by atoms with Gasteiger partial charge < -0.3 is 11.1 Å². The van der Waals surface area contributed by atoms with Crippen LogP contribution in [-0.2, 0) is 9.59 Å². The fourth-order valence-corrected chi connectivity index (χ4v) is 0.713. The Bertz CT molecular complexity index is 178. The number of nitrogens with two attached hydrogens (primary N) is 1. The maximum Gasteiger partial charge on any atom is 0.239 e. The van der Waals surface area contributed by atoms with Gasteiger partial charge in [-0.2, -0.15) is 0 Å². The van der Waals surface area contributed by atoms with Crippen LogP contribution < -0.4 is 11.1 Å². The summed E-state index contributed by atoms with van der Waals surface area (Å²) in [5.74, 6) is -0.731. The predicted molar refractivity (Wildman–Crippen MR) is 46.3 cm³/mol. The molecule has 0 saturated carbocycles. The summed E-state index contributed by atoms with van der Waals surface area (Å²) < 4.78 is 0. The molecule has 0 heterocycles. The number of nitrogens with one attached hydrogen (secondary N) is 1. The molecule has 0 aliphatic rings. The normalized spacial score (nSPS) is 12.7. The lowest BCUT2D eigenvalue weighted by atomic mass is 10.1. The average Bonchev–Trinajstić information content (AvgIpc) is 1.98. The second-order valence-corrected chi connectivity index (χ2v) is 3.03. The number of rotatable bonds is 4. The summed E-state index contributed by atoms with van der Waals surface area (Å²) in [7, 11) is 0. The minimum atomic E-state index is -0.528. The smallest absolute Gasteiger partial charge is 0.239 e. The molecule has 1 unspecified atom stereocenters. The first-order valence-corrected chi connectivity index (χ1v) is 4.08. The van der Waals surface area contributed by atoms with Crippen molar-refractivity contribution in [2.45, 2.75) is 33.2 Å². The molecule has 0 radical (unpaired) electrons. The Kier molecular flexibility index (Phi) is 4.33. The van der Waals surface area contributed by atoms with E-state index < -0.39 is 11.9 Å². The number of carbonyl (C=O) groups excluding carboxylic acids is 2. The minimum absolute atomic E-state index is 0.113.